The van der Waals surface area contributed by atoms with Gasteiger partial charge in [-0.25, -0.2) is 0 Å². The Morgan fingerprint density at radius 1 is 1.75 bits per heavy atom. The molecule has 0 aromatic rings. The Morgan fingerprint density at radius 3 is 1.75 bits per heavy atom. The van der Waals surface area contributed by atoms with Crippen LogP contribution in [0, 0.1) is 0 Å². The van der Waals surface area contributed by atoms with Crippen LogP contribution in [0.1, 0.15) is 0 Å². The van der Waals surface area contributed by atoms with Crippen LogP contribution in [0.3, 0.4) is 0 Å². The summed E-state index contributed by atoms with van der Waals surface area (Å²) >= 11 is 4.19. The molecule has 0 aliphatic carbocycles. The predicted octanol–water partition coefficient (Wildman–Crippen LogP) is 0.290. The average Bonchev–Trinajstić information content (AvgIpc) is 0.918. The first kappa shape index (κ1) is 8.82. The Hall–Kier alpha value is 0.544. The third kappa shape index (κ3) is 20.5. The SMILES string of the molecule is O=[C-]Cl.[V]. The molecule has 0 unspecified atom stereocenters. The van der Waals surface area contributed by atoms with Gasteiger partial charge in [0.2, 0.25) is 0 Å². The van der Waals surface area contributed by atoms with Crippen LogP contribution in [0.5, 0.6) is 0 Å². The van der Waals surface area contributed by atoms with Crippen molar-refractivity contribution in [2.24, 2.45) is 0 Å². The van der Waals surface area contributed by atoms with Crippen molar-refractivity contribution in [2.45, 2.75) is 0 Å². The van der Waals surface area contributed by atoms with Gasteiger partial charge in [0.25, 0.3) is 0 Å². The molecule has 0 aromatic heterocycles. The Bertz CT molecular complexity index is 15.5. The number of carbonyl (C=O) groups excluding carboxylic acids is 1. The van der Waals surface area contributed by atoms with Gasteiger partial charge in [0, 0.05) is 18.6 Å². The first-order valence-electron chi connectivity index (χ1n) is 0.393. The molecule has 0 rings (SSSR count). The molecule has 0 saturated heterocycles. The minimum absolute atomic E-state index is 0. The van der Waals surface area contributed by atoms with E-state index >= 15 is 0 Å². The summed E-state index contributed by atoms with van der Waals surface area (Å²) in [5.74, 6) is 0.972. The van der Waals surface area contributed by atoms with E-state index < -0.39 is 0 Å². The van der Waals surface area contributed by atoms with Crippen molar-refractivity contribution in [3.8, 4) is 0 Å². The quantitative estimate of drug-likeness (QED) is 0.327. The van der Waals surface area contributed by atoms with Crippen LogP contribution in [0.15, 0.2) is 0 Å². The van der Waals surface area contributed by atoms with Crippen LogP contribution >= 0.6 is 11.6 Å². The van der Waals surface area contributed by atoms with Gasteiger partial charge in [0.1, 0.15) is 0 Å². The molecule has 0 atom stereocenters. The molecular formula is CClOV-. The molecule has 23 valence electrons. The summed E-state index contributed by atoms with van der Waals surface area (Å²) in [6.07, 6.45) is 0. The van der Waals surface area contributed by atoms with Gasteiger partial charge in [-0.2, -0.15) is 5.75 Å². The van der Waals surface area contributed by atoms with Crippen LogP contribution in [0.2, 0.25) is 0 Å². The van der Waals surface area contributed by atoms with E-state index in [0.717, 1.165) is 5.75 Å². The molecule has 1 nitrogen and oxygen atoms in total. The minimum Gasteiger partial charge on any atom is -0.525 e. The van der Waals surface area contributed by atoms with Crippen molar-refractivity contribution < 1.29 is 23.4 Å². The fourth-order valence-electron chi connectivity index (χ4n) is 0. The molecule has 0 aromatic carbocycles. The number of hydrogen-bond acceptors (Lipinski definition) is 1. The van der Waals surface area contributed by atoms with Crippen LogP contribution in [0.4, 0.5) is 0 Å². The Kier molecular flexibility index (Phi) is 21.2. The molecule has 0 heterocycles. The minimum atomic E-state index is 0. The van der Waals surface area contributed by atoms with Crippen molar-refractivity contribution in [1.82, 2.24) is 0 Å². The molecule has 0 N–H and O–H groups in total. The third-order valence-electron chi connectivity index (χ3n) is 0. The summed E-state index contributed by atoms with van der Waals surface area (Å²) in [4.78, 5) is 8.45. The normalized spacial score (nSPS) is 3.25. The van der Waals surface area contributed by atoms with Crippen LogP contribution in [0.25, 0.3) is 0 Å². The van der Waals surface area contributed by atoms with Crippen LogP contribution in [-0.2, 0) is 23.4 Å². The first-order chi connectivity index (χ1) is 1.41. The molecule has 1 radical (unpaired) electrons. The predicted molar refractivity (Wildman–Crippen MR) is 11.5 cm³/mol. The first-order valence-corrected chi connectivity index (χ1v) is 0.771. The van der Waals surface area contributed by atoms with Crippen molar-refractivity contribution in [2.75, 3.05) is 0 Å². The number of rotatable bonds is 0. The van der Waals surface area contributed by atoms with Gasteiger partial charge in [-0.1, -0.05) is 0 Å². The van der Waals surface area contributed by atoms with Gasteiger partial charge >= 0.3 is 0 Å². The molecule has 0 aliphatic rings. The molecule has 4 heavy (non-hydrogen) atoms. The summed E-state index contributed by atoms with van der Waals surface area (Å²) in [6, 6.07) is 0. The number of halogens is 1. The largest absolute Gasteiger partial charge is 0.525 e. The van der Waals surface area contributed by atoms with Gasteiger partial charge in [0.15, 0.2) is 0 Å². The van der Waals surface area contributed by atoms with E-state index in [2.05, 4.69) is 11.6 Å². The fraction of sp³-hybridized carbons (Fsp3) is 0. The van der Waals surface area contributed by atoms with Crippen molar-refractivity contribution in [3.05, 3.63) is 0 Å². The van der Waals surface area contributed by atoms with Gasteiger partial charge in [0.05, 0.1) is 0 Å². The maximum Gasteiger partial charge on any atom is 0 e. The molecule has 0 amide bonds. The van der Waals surface area contributed by atoms with Crippen LogP contribution < -0.4 is 0 Å². The zero-order valence-corrected chi connectivity index (χ0v) is 3.89. The molecule has 0 bridgehead atoms. The van der Waals surface area contributed by atoms with E-state index in [0.29, 0.717) is 0 Å². The van der Waals surface area contributed by atoms with Gasteiger partial charge in [-0.05, 0) is 0 Å². The zero-order valence-electron chi connectivity index (χ0n) is 1.73. The van der Waals surface area contributed by atoms with E-state index in [1.54, 1.807) is 0 Å². The van der Waals surface area contributed by atoms with Gasteiger partial charge in [-0.15, -0.1) is 0 Å². The third-order valence-corrected chi connectivity index (χ3v) is 0. The summed E-state index contributed by atoms with van der Waals surface area (Å²) in [5.41, 5.74) is 0. The second-order valence-corrected chi connectivity index (χ2v) is 0.231. The molecule has 3 heteroatoms. The summed E-state index contributed by atoms with van der Waals surface area (Å²) in [6.45, 7) is 0. The number of hydrogen-bond donors (Lipinski definition) is 0. The smallest absolute Gasteiger partial charge is 0 e. The topological polar surface area (TPSA) is 17.1 Å². The maximum atomic E-state index is 8.45. The Balaban J connectivity index is 0. The molecule has 0 saturated carbocycles. The maximum absolute atomic E-state index is 8.45. The van der Waals surface area contributed by atoms with E-state index in [9.17, 15) is 0 Å². The zero-order chi connectivity index (χ0) is 2.71. The Morgan fingerprint density at radius 2 is 1.75 bits per heavy atom. The van der Waals surface area contributed by atoms with Crippen molar-refractivity contribution >= 4 is 17.3 Å². The van der Waals surface area contributed by atoms with Crippen LogP contribution in [-0.4, -0.2) is 5.75 Å². The monoisotopic (exact) mass is 114 g/mol. The summed E-state index contributed by atoms with van der Waals surface area (Å²) in [7, 11) is 0. The Labute approximate surface area is 41.2 Å². The van der Waals surface area contributed by atoms with E-state index in [1.807, 2.05) is 0 Å². The van der Waals surface area contributed by atoms with Crippen molar-refractivity contribution in [1.29, 1.82) is 0 Å². The molecule has 0 fully saturated rings. The van der Waals surface area contributed by atoms with Crippen molar-refractivity contribution in [3.63, 3.8) is 0 Å². The summed E-state index contributed by atoms with van der Waals surface area (Å²) in [5, 5.41) is 0. The van der Waals surface area contributed by atoms with Gasteiger partial charge in [-0.3, -0.25) is 0 Å². The second kappa shape index (κ2) is 9.62. The molecular weight excluding hydrogens is 114 g/mol. The van der Waals surface area contributed by atoms with E-state index in [4.69, 9.17) is 4.79 Å². The second-order valence-electron chi connectivity index (χ2n) is 0.0772. The fourth-order valence-corrected chi connectivity index (χ4v) is 0. The van der Waals surface area contributed by atoms with E-state index in [1.165, 1.54) is 0 Å². The molecule has 0 spiro atoms. The standard InChI is InChI=1S/CClO.V/c2-1-3;/q-1;. The average molecular weight is 114 g/mol. The van der Waals surface area contributed by atoms with Gasteiger partial charge < -0.3 is 16.4 Å². The summed E-state index contributed by atoms with van der Waals surface area (Å²) < 4.78 is 0. The molecule has 0 aliphatic heterocycles. The van der Waals surface area contributed by atoms with E-state index in [-0.39, 0.29) is 18.6 Å².